The average molecular weight is 364 g/mol. The Labute approximate surface area is 151 Å². The molecule has 2 aliphatic rings. The summed E-state index contributed by atoms with van der Waals surface area (Å²) in [4.78, 5) is 25.4. The number of piperazine rings is 1. The highest BCUT2D eigenvalue weighted by molar-refractivity contribution is 7.80. The zero-order chi connectivity index (χ0) is 17.8. The van der Waals surface area contributed by atoms with E-state index in [2.05, 4.69) is 15.5 Å². The maximum Gasteiger partial charge on any atom is 0.275 e. The van der Waals surface area contributed by atoms with Crippen molar-refractivity contribution in [3.05, 3.63) is 34.4 Å². The Morgan fingerprint density at radius 3 is 2.48 bits per heavy atom. The van der Waals surface area contributed by atoms with E-state index in [0.717, 1.165) is 44.7 Å². The molecule has 0 spiro atoms. The number of benzene rings is 1. The van der Waals surface area contributed by atoms with Crippen LogP contribution >= 0.6 is 12.2 Å². The van der Waals surface area contributed by atoms with Crippen LogP contribution in [-0.4, -0.2) is 59.6 Å². The summed E-state index contributed by atoms with van der Waals surface area (Å²) in [6.45, 7) is 3.81. The summed E-state index contributed by atoms with van der Waals surface area (Å²) in [5.74, 6) is 0.137. The van der Waals surface area contributed by atoms with Crippen molar-refractivity contribution < 1.29 is 14.6 Å². The first-order valence-electron chi connectivity index (χ1n) is 8.44. The summed E-state index contributed by atoms with van der Waals surface area (Å²) in [6, 6.07) is 6.60. The van der Waals surface area contributed by atoms with E-state index in [1.807, 2.05) is 0 Å². The number of carbonyl (C=O) groups excluding carboxylic acids is 1. The quantitative estimate of drug-likeness (QED) is 0.380. The molecule has 0 atom stereocenters. The Morgan fingerprint density at radius 2 is 1.92 bits per heavy atom. The molecule has 3 rings (SSSR count). The molecule has 0 aromatic heterocycles. The van der Waals surface area contributed by atoms with E-state index in [4.69, 9.17) is 12.2 Å². The number of anilines is 1. The van der Waals surface area contributed by atoms with Crippen molar-refractivity contribution in [3.8, 4) is 0 Å². The smallest absolute Gasteiger partial charge is 0.275 e. The van der Waals surface area contributed by atoms with Crippen molar-refractivity contribution in [1.82, 2.24) is 10.2 Å². The van der Waals surface area contributed by atoms with Gasteiger partial charge in [0.1, 0.15) is 0 Å². The van der Waals surface area contributed by atoms with Crippen LogP contribution < -0.4 is 15.5 Å². The van der Waals surface area contributed by atoms with Crippen LogP contribution in [0, 0.1) is 10.1 Å². The predicted molar refractivity (Wildman–Crippen MR) is 97.6 cm³/mol. The average Bonchev–Trinajstić information content (AvgIpc) is 3.39. The predicted octanol–water partition coefficient (Wildman–Crippen LogP) is -0.229. The number of thiocarbonyl (C=S) groups is 1. The fraction of sp³-hybridized carbons (Fsp3) is 0.500. The van der Waals surface area contributed by atoms with Gasteiger partial charge in [0.05, 0.1) is 31.1 Å². The number of nitrogens with zero attached hydrogens (tertiary/aromatic N) is 2. The molecule has 1 heterocycles. The lowest BCUT2D eigenvalue weighted by Crippen LogP contribution is -3.15. The summed E-state index contributed by atoms with van der Waals surface area (Å²) < 4.78 is 0. The molecule has 0 radical (unpaired) electrons. The Kier molecular flexibility index (Phi) is 5.44. The summed E-state index contributed by atoms with van der Waals surface area (Å²) in [5, 5.41) is 17.4. The number of nitro benzene ring substituents is 1. The molecule has 9 heteroatoms. The normalized spacial score (nSPS) is 17.8. The third kappa shape index (κ3) is 5.10. The highest BCUT2D eigenvalue weighted by Crippen LogP contribution is 2.18. The van der Waals surface area contributed by atoms with E-state index in [-0.39, 0.29) is 11.6 Å². The van der Waals surface area contributed by atoms with Gasteiger partial charge in [-0.3, -0.25) is 14.9 Å². The van der Waals surface area contributed by atoms with Gasteiger partial charge in [0.2, 0.25) is 0 Å². The molecule has 25 heavy (non-hydrogen) atoms. The van der Waals surface area contributed by atoms with Crippen LogP contribution in [0.5, 0.6) is 0 Å². The molecule has 3 N–H and O–H groups in total. The fourth-order valence-corrected chi connectivity index (χ4v) is 3.11. The number of hydrogen-bond acceptors (Lipinski definition) is 4. The van der Waals surface area contributed by atoms with Crippen LogP contribution in [0.4, 0.5) is 11.4 Å². The Bertz CT molecular complexity index is 654. The van der Waals surface area contributed by atoms with Gasteiger partial charge in [-0.2, -0.15) is 0 Å². The summed E-state index contributed by atoms with van der Waals surface area (Å²) >= 11 is 5.42. The van der Waals surface area contributed by atoms with Crippen LogP contribution in [0.15, 0.2) is 24.3 Å². The first-order chi connectivity index (χ1) is 12.0. The number of quaternary nitrogens is 1. The Balaban J connectivity index is 1.43. The van der Waals surface area contributed by atoms with Crippen molar-refractivity contribution in [3.63, 3.8) is 0 Å². The molecule has 1 amide bonds. The number of hydrogen-bond donors (Lipinski definition) is 3. The molecule has 0 unspecified atom stereocenters. The molecule has 1 saturated heterocycles. The molecule has 0 bridgehead atoms. The van der Waals surface area contributed by atoms with Gasteiger partial charge in [-0.1, -0.05) is 0 Å². The van der Waals surface area contributed by atoms with Crippen LogP contribution in [0.3, 0.4) is 0 Å². The van der Waals surface area contributed by atoms with Gasteiger partial charge in [0, 0.05) is 23.9 Å². The summed E-state index contributed by atoms with van der Waals surface area (Å²) in [5.41, 5.74) is 0.785. The van der Waals surface area contributed by atoms with Gasteiger partial charge in [-0.05, 0) is 37.2 Å². The van der Waals surface area contributed by atoms with Gasteiger partial charge < -0.3 is 20.4 Å². The summed E-state index contributed by atoms with van der Waals surface area (Å²) in [7, 11) is 0. The zero-order valence-electron chi connectivity index (χ0n) is 13.9. The van der Waals surface area contributed by atoms with Crippen molar-refractivity contribution in [2.45, 2.75) is 18.9 Å². The van der Waals surface area contributed by atoms with Crippen molar-refractivity contribution >= 4 is 34.6 Å². The third-order valence-corrected chi connectivity index (χ3v) is 4.80. The van der Waals surface area contributed by atoms with E-state index in [1.165, 1.54) is 17.0 Å². The van der Waals surface area contributed by atoms with E-state index in [0.29, 0.717) is 17.7 Å². The highest BCUT2D eigenvalue weighted by Gasteiger charge is 2.27. The standard InChI is InChI=1S/C16H21N5O3S/c22-15(17-12-1-2-12)11-19-7-9-20(10-8-19)16(25)18-13-3-5-14(6-4-13)21(23)24/h3-6,12H,1-2,7-11H2,(H,17,22)(H,18,25)/p+1. The maximum absolute atomic E-state index is 11.9. The van der Waals surface area contributed by atoms with Crippen LogP contribution in [0.25, 0.3) is 0 Å². The molecule has 1 aliphatic carbocycles. The molecule has 1 aliphatic heterocycles. The highest BCUT2D eigenvalue weighted by atomic mass is 32.1. The zero-order valence-corrected chi connectivity index (χ0v) is 14.7. The number of nitro groups is 1. The second kappa shape index (κ2) is 7.75. The number of carbonyl (C=O) groups is 1. The molecule has 2 fully saturated rings. The number of rotatable bonds is 5. The number of nitrogens with one attached hydrogen (secondary N) is 3. The Morgan fingerprint density at radius 1 is 1.28 bits per heavy atom. The van der Waals surface area contributed by atoms with Crippen LogP contribution in [0.1, 0.15) is 12.8 Å². The topological polar surface area (TPSA) is 92.0 Å². The lowest BCUT2D eigenvalue weighted by atomic mass is 10.3. The minimum absolute atomic E-state index is 0.0538. The largest absolute Gasteiger partial charge is 0.348 e. The SMILES string of the molecule is O=C(C[NH+]1CCN(C(=S)Nc2ccc([N+](=O)[O-])cc2)CC1)NC1CC1. The van der Waals surface area contributed by atoms with E-state index in [9.17, 15) is 14.9 Å². The molecule has 1 aromatic carbocycles. The van der Waals surface area contributed by atoms with Crippen LogP contribution in [0.2, 0.25) is 0 Å². The van der Waals surface area contributed by atoms with E-state index in [1.54, 1.807) is 12.1 Å². The maximum atomic E-state index is 11.9. The van der Waals surface area contributed by atoms with Crippen molar-refractivity contribution in [2.24, 2.45) is 0 Å². The van der Waals surface area contributed by atoms with Gasteiger partial charge in [0.15, 0.2) is 11.7 Å². The molecule has 1 aromatic rings. The number of non-ortho nitro benzene ring substituents is 1. The van der Waals surface area contributed by atoms with Crippen molar-refractivity contribution in [2.75, 3.05) is 38.0 Å². The third-order valence-electron chi connectivity index (χ3n) is 4.44. The fourth-order valence-electron chi connectivity index (χ4n) is 2.81. The second-order valence-electron chi connectivity index (χ2n) is 6.49. The minimum atomic E-state index is -0.427. The molecule has 8 nitrogen and oxygen atoms in total. The van der Waals surface area contributed by atoms with Crippen LogP contribution in [-0.2, 0) is 4.79 Å². The Hall–Kier alpha value is -2.26. The van der Waals surface area contributed by atoms with E-state index >= 15 is 0 Å². The van der Waals surface area contributed by atoms with E-state index < -0.39 is 4.92 Å². The van der Waals surface area contributed by atoms with Gasteiger partial charge in [-0.25, -0.2) is 0 Å². The number of amides is 1. The van der Waals surface area contributed by atoms with Crippen molar-refractivity contribution in [1.29, 1.82) is 0 Å². The molecular formula is C16H22N5O3S+. The molecular weight excluding hydrogens is 342 g/mol. The molecule has 134 valence electrons. The van der Waals surface area contributed by atoms with Gasteiger partial charge in [0.25, 0.3) is 11.6 Å². The molecule has 1 saturated carbocycles. The van der Waals surface area contributed by atoms with Gasteiger partial charge in [-0.15, -0.1) is 0 Å². The first kappa shape index (κ1) is 17.6. The summed E-state index contributed by atoms with van der Waals surface area (Å²) in [6.07, 6.45) is 2.22. The minimum Gasteiger partial charge on any atom is -0.348 e. The lowest BCUT2D eigenvalue weighted by molar-refractivity contribution is -0.895. The monoisotopic (exact) mass is 364 g/mol. The van der Waals surface area contributed by atoms with Gasteiger partial charge >= 0.3 is 0 Å². The lowest BCUT2D eigenvalue weighted by Gasteiger charge is -2.33. The second-order valence-corrected chi connectivity index (χ2v) is 6.88. The first-order valence-corrected chi connectivity index (χ1v) is 8.85.